The van der Waals surface area contributed by atoms with E-state index in [1.165, 1.54) is 36.4 Å². The maximum Gasteiger partial charge on any atom is 0.257 e. The third-order valence-corrected chi connectivity index (χ3v) is 8.51. The highest BCUT2D eigenvalue weighted by atomic mass is 16.5. The summed E-state index contributed by atoms with van der Waals surface area (Å²) < 4.78 is 16.0. The number of unbranched alkanes of at least 4 members (excludes halogenated alkanes) is 1. The molecule has 308 valence electrons. The number of likely N-dealkylation sites (N-methyl/N-ethyl adjacent to an activating group) is 1. The Bertz CT molecular complexity index is 1750. The van der Waals surface area contributed by atoms with E-state index in [1.54, 1.807) is 14.2 Å². The number of aldehydes is 3. The molecule has 0 aliphatic rings. The Hall–Kier alpha value is -6.09. The number of carbonyl (C=O) groups excluding carboxylic acids is 7. The number of benzene rings is 3. The van der Waals surface area contributed by atoms with E-state index in [9.17, 15) is 33.6 Å². The molecule has 0 radical (unpaired) electrons. The van der Waals surface area contributed by atoms with E-state index in [-0.39, 0.29) is 61.0 Å². The summed E-state index contributed by atoms with van der Waals surface area (Å²) in [5, 5.41) is 13.5. The zero-order valence-electron chi connectivity index (χ0n) is 33.2. The van der Waals surface area contributed by atoms with E-state index in [1.807, 2.05) is 43.4 Å². The van der Waals surface area contributed by atoms with Crippen LogP contribution in [-0.2, 0) is 36.8 Å². The molecule has 0 saturated heterocycles. The minimum absolute atomic E-state index is 0.0000186. The zero-order chi connectivity index (χ0) is 41.8. The molecule has 4 amide bonds. The van der Waals surface area contributed by atoms with Crippen LogP contribution in [-0.4, -0.2) is 96.5 Å². The maximum atomic E-state index is 12.7. The molecule has 3 rings (SSSR count). The first-order valence-electron chi connectivity index (χ1n) is 18.8. The van der Waals surface area contributed by atoms with E-state index in [0.29, 0.717) is 19.1 Å². The van der Waals surface area contributed by atoms with Crippen molar-refractivity contribution in [3.05, 3.63) is 82.9 Å². The van der Waals surface area contributed by atoms with Crippen molar-refractivity contribution in [2.24, 2.45) is 0 Å². The lowest BCUT2D eigenvalue weighted by atomic mass is 10.0. The molecule has 0 bridgehead atoms. The Labute approximate surface area is 334 Å². The summed E-state index contributed by atoms with van der Waals surface area (Å²) in [6.45, 7) is 1.06. The van der Waals surface area contributed by atoms with E-state index in [0.717, 1.165) is 62.1 Å². The van der Waals surface area contributed by atoms with Crippen molar-refractivity contribution in [1.82, 2.24) is 21.3 Å². The van der Waals surface area contributed by atoms with Gasteiger partial charge >= 0.3 is 0 Å². The van der Waals surface area contributed by atoms with Gasteiger partial charge in [-0.3, -0.25) is 24.0 Å². The van der Waals surface area contributed by atoms with Crippen LogP contribution >= 0.6 is 0 Å². The van der Waals surface area contributed by atoms with Gasteiger partial charge in [-0.15, -0.1) is 0 Å². The Morgan fingerprint density at radius 1 is 0.737 bits per heavy atom. The van der Waals surface area contributed by atoms with Crippen LogP contribution in [0.3, 0.4) is 0 Å². The molecule has 15 heteroatoms. The number of nitrogens with one attached hydrogen (secondary N) is 5. The Balaban J connectivity index is 0.000000399. The van der Waals surface area contributed by atoms with E-state index < -0.39 is 17.9 Å². The van der Waals surface area contributed by atoms with Crippen molar-refractivity contribution < 1.29 is 47.8 Å². The molecule has 3 aromatic rings. The number of hydrogen-bond acceptors (Lipinski definition) is 11. The van der Waals surface area contributed by atoms with E-state index >= 15 is 0 Å². The first-order valence-corrected chi connectivity index (χ1v) is 18.8. The Morgan fingerprint density at radius 3 is 2.07 bits per heavy atom. The highest BCUT2D eigenvalue weighted by molar-refractivity contribution is 6.04. The SMILES string of the molecule is CNCCCCNC(=O)COc1cccc(C(=O)NC(CCC=O)C(=O)NC)c1C=O.COc1ccc(CCCc2ccc(NC(=O)CCC=O)cc2)cc1OC. The van der Waals surface area contributed by atoms with Gasteiger partial charge in [0.05, 0.1) is 25.3 Å². The fourth-order valence-corrected chi connectivity index (χ4v) is 5.45. The summed E-state index contributed by atoms with van der Waals surface area (Å²) in [7, 11) is 6.54. The summed E-state index contributed by atoms with van der Waals surface area (Å²) >= 11 is 0. The molecule has 3 aromatic carbocycles. The van der Waals surface area contributed by atoms with Crippen molar-refractivity contribution in [3.63, 3.8) is 0 Å². The molecule has 0 saturated carbocycles. The van der Waals surface area contributed by atoms with Crippen LogP contribution in [0.5, 0.6) is 17.2 Å². The molecule has 0 fully saturated rings. The van der Waals surface area contributed by atoms with Crippen LogP contribution in [0.2, 0.25) is 0 Å². The lowest BCUT2D eigenvalue weighted by Gasteiger charge is -2.17. The number of rotatable bonds is 25. The molecule has 0 heterocycles. The quantitative estimate of drug-likeness (QED) is 0.0619. The van der Waals surface area contributed by atoms with Gasteiger partial charge in [0.2, 0.25) is 11.8 Å². The summed E-state index contributed by atoms with van der Waals surface area (Å²) in [4.78, 5) is 80.7. The molecular formula is C42H55N5O10. The number of ether oxygens (including phenoxy) is 3. The molecule has 5 N–H and O–H groups in total. The van der Waals surface area contributed by atoms with Gasteiger partial charge in [0.25, 0.3) is 11.8 Å². The molecule has 15 nitrogen and oxygen atoms in total. The van der Waals surface area contributed by atoms with Crippen LogP contribution in [0, 0.1) is 0 Å². The minimum Gasteiger partial charge on any atom is -0.493 e. The van der Waals surface area contributed by atoms with Crippen molar-refractivity contribution in [3.8, 4) is 17.2 Å². The van der Waals surface area contributed by atoms with Gasteiger partial charge in [0, 0.05) is 38.5 Å². The highest BCUT2D eigenvalue weighted by Crippen LogP contribution is 2.28. The third kappa shape index (κ3) is 17.5. The summed E-state index contributed by atoms with van der Waals surface area (Å²) in [6.07, 6.45) is 7.20. The molecule has 0 aliphatic carbocycles. The average molecular weight is 790 g/mol. The highest BCUT2D eigenvalue weighted by Gasteiger charge is 2.23. The van der Waals surface area contributed by atoms with E-state index in [4.69, 9.17) is 14.2 Å². The van der Waals surface area contributed by atoms with Gasteiger partial charge in [-0.25, -0.2) is 0 Å². The van der Waals surface area contributed by atoms with Crippen LogP contribution < -0.4 is 40.8 Å². The first kappa shape index (κ1) is 47.1. The second kappa shape index (κ2) is 27.5. The Kier molecular flexibility index (Phi) is 22.7. The van der Waals surface area contributed by atoms with E-state index in [2.05, 4.69) is 32.7 Å². The maximum absolute atomic E-state index is 12.7. The zero-order valence-corrected chi connectivity index (χ0v) is 33.2. The average Bonchev–Trinajstić information content (AvgIpc) is 3.23. The molecule has 0 aliphatic heterocycles. The third-order valence-electron chi connectivity index (χ3n) is 8.51. The molecule has 57 heavy (non-hydrogen) atoms. The Morgan fingerprint density at radius 2 is 1.42 bits per heavy atom. The first-order chi connectivity index (χ1) is 27.6. The van der Waals surface area contributed by atoms with Gasteiger partial charge in [-0.05, 0) is 99.6 Å². The fraction of sp³-hybridized carbons (Fsp3) is 0.405. The van der Waals surface area contributed by atoms with Crippen molar-refractivity contribution >= 4 is 48.2 Å². The minimum atomic E-state index is -0.930. The fourth-order valence-electron chi connectivity index (χ4n) is 5.45. The number of carbonyl (C=O) groups is 7. The predicted molar refractivity (Wildman–Crippen MR) is 216 cm³/mol. The summed E-state index contributed by atoms with van der Waals surface area (Å²) in [6, 6.07) is 17.3. The lowest BCUT2D eigenvalue weighted by molar-refractivity contribution is -0.123. The van der Waals surface area contributed by atoms with Gasteiger partial charge in [0.1, 0.15) is 24.4 Å². The smallest absolute Gasteiger partial charge is 0.257 e. The standard InChI is InChI=1S/C21H30N4O6.C21H25NO4/c1-22-10-3-4-11-24-19(28)14-31-18-9-5-7-15(16(18)13-27)20(29)25-17(8-6-12-26)21(30)23-2;1-25-19-13-10-17(15-20(19)26-2)6-3-5-16-8-11-18(12-9-16)22-21(24)7-4-14-23/h5,7,9,12-13,17,22H,3-4,6,8,10-11,14H2,1-2H3,(H,23,30)(H,24,28)(H,25,29);8-15H,3-7H2,1-2H3,(H,22,24). The molecule has 1 atom stereocenters. The number of methoxy groups -OCH3 is 2. The van der Waals surface area contributed by atoms with Crippen LogP contribution in [0.25, 0.3) is 0 Å². The normalized spacial score (nSPS) is 10.7. The molecular weight excluding hydrogens is 734 g/mol. The topological polar surface area (TPSA) is 207 Å². The molecule has 1 unspecified atom stereocenters. The lowest BCUT2D eigenvalue weighted by Crippen LogP contribution is -2.46. The van der Waals surface area contributed by atoms with Crippen LogP contribution in [0.4, 0.5) is 5.69 Å². The second-order valence-corrected chi connectivity index (χ2v) is 12.7. The van der Waals surface area contributed by atoms with Crippen LogP contribution in [0.1, 0.15) is 76.8 Å². The largest absolute Gasteiger partial charge is 0.493 e. The van der Waals surface area contributed by atoms with Gasteiger partial charge in [0.15, 0.2) is 24.4 Å². The predicted octanol–water partition coefficient (Wildman–Crippen LogP) is 3.61. The van der Waals surface area contributed by atoms with Crippen molar-refractivity contribution in [2.75, 3.05) is 53.3 Å². The number of amides is 4. The van der Waals surface area contributed by atoms with Gasteiger partial charge in [-0.1, -0.05) is 24.3 Å². The number of anilines is 1. The summed E-state index contributed by atoms with van der Waals surface area (Å²) in [5.74, 6) is -0.0373. The number of aryl methyl sites for hydroxylation is 2. The van der Waals surface area contributed by atoms with Crippen molar-refractivity contribution in [2.45, 2.75) is 63.8 Å². The molecule has 0 spiro atoms. The summed E-state index contributed by atoms with van der Waals surface area (Å²) in [5.41, 5.74) is 3.15. The van der Waals surface area contributed by atoms with Gasteiger partial charge in [-0.2, -0.15) is 0 Å². The van der Waals surface area contributed by atoms with Gasteiger partial charge < -0.3 is 50.4 Å². The number of hydrogen-bond donors (Lipinski definition) is 5. The molecule has 0 aromatic heterocycles. The van der Waals surface area contributed by atoms with Crippen molar-refractivity contribution in [1.29, 1.82) is 0 Å². The van der Waals surface area contributed by atoms with Crippen LogP contribution in [0.15, 0.2) is 60.7 Å². The monoisotopic (exact) mass is 789 g/mol. The second-order valence-electron chi connectivity index (χ2n) is 12.7.